The van der Waals surface area contributed by atoms with Crippen LogP contribution in [-0.4, -0.2) is 35.1 Å². The number of carbonyl (C=O) groups is 2. The van der Waals surface area contributed by atoms with E-state index in [2.05, 4.69) is 11.2 Å². The number of anilines is 1. The van der Waals surface area contributed by atoms with Crippen LogP contribution in [0.1, 0.15) is 17.3 Å². The van der Waals surface area contributed by atoms with Crippen LogP contribution in [-0.2, 0) is 0 Å². The lowest BCUT2D eigenvalue weighted by atomic mass is 10.2. The van der Waals surface area contributed by atoms with Crippen molar-refractivity contribution in [1.82, 2.24) is 4.90 Å². The van der Waals surface area contributed by atoms with Gasteiger partial charge in [0.1, 0.15) is 0 Å². The van der Waals surface area contributed by atoms with Crippen LogP contribution in [0.25, 0.3) is 0 Å². The normalized spacial score (nSPS) is 9.53. The molecule has 100 valence electrons. The van der Waals surface area contributed by atoms with E-state index in [9.17, 15) is 9.59 Å². The van der Waals surface area contributed by atoms with Gasteiger partial charge in [0.15, 0.2) is 0 Å². The third-order valence-electron chi connectivity index (χ3n) is 2.41. The topological polar surface area (TPSA) is 69.6 Å². The first-order chi connectivity index (χ1) is 8.99. The Bertz CT molecular complexity index is 537. The van der Waals surface area contributed by atoms with E-state index in [0.29, 0.717) is 12.2 Å². The maximum Gasteiger partial charge on any atom is 0.335 e. The van der Waals surface area contributed by atoms with Crippen LogP contribution in [0.15, 0.2) is 18.2 Å². The largest absolute Gasteiger partial charge is 0.478 e. The molecule has 0 fully saturated rings. The molecule has 0 aromatic heterocycles. The molecule has 0 spiro atoms. The Kier molecular flexibility index (Phi) is 5.22. The molecule has 0 aliphatic heterocycles. The van der Waals surface area contributed by atoms with Gasteiger partial charge in [0.2, 0.25) is 0 Å². The smallest absolute Gasteiger partial charge is 0.335 e. The standard InChI is InChI=1S/C13H13ClN2O3/c1-3-7-16(4-2)13(19)15-11-6-5-9(12(17)18)8-10(11)14/h1,5-6,8H,4,7H2,2H3,(H,15,19)(H,17,18). The lowest BCUT2D eigenvalue weighted by Gasteiger charge is -2.19. The molecule has 0 unspecified atom stereocenters. The van der Waals surface area contributed by atoms with E-state index in [-0.39, 0.29) is 23.2 Å². The zero-order valence-electron chi connectivity index (χ0n) is 10.3. The summed E-state index contributed by atoms with van der Waals surface area (Å²) in [6, 6.07) is 3.69. The van der Waals surface area contributed by atoms with Gasteiger partial charge < -0.3 is 15.3 Å². The van der Waals surface area contributed by atoms with Crippen LogP contribution in [0.2, 0.25) is 5.02 Å². The minimum Gasteiger partial charge on any atom is -0.478 e. The summed E-state index contributed by atoms with van der Waals surface area (Å²) >= 11 is 5.91. The Balaban J connectivity index is 2.85. The summed E-state index contributed by atoms with van der Waals surface area (Å²) in [5.74, 6) is 1.30. The van der Waals surface area contributed by atoms with Crippen molar-refractivity contribution in [2.24, 2.45) is 0 Å². The van der Waals surface area contributed by atoms with Crippen molar-refractivity contribution in [3.63, 3.8) is 0 Å². The predicted octanol–water partition coefficient (Wildman–Crippen LogP) is 2.53. The van der Waals surface area contributed by atoms with Gasteiger partial charge in [-0.25, -0.2) is 9.59 Å². The predicted molar refractivity (Wildman–Crippen MR) is 73.5 cm³/mol. The van der Waals surface area contributed by atoms with Gasteiger partial charge in [-0.05, 0) is 25.1 Å². The number of carboxylic acid groups (broad SMARTS) is 1. The number of hydrogen-bond donors (Lipinski definition) is 2. The van der Waals surface area contributed by atoms with Gasteiger partial charge in [0, 0.05) is 6.54 Å². The second-order valence-electron chi connectivity index (χ2n) is 3.65. The van der Waals surface area contributed by atoms with Crippen molar-refractivity contribution >= 4 is 29.3 Å². The van der Waals surface area contributed by atoms with Gasteiger partial charge in [-0.3, -0.25) is 0 Å². The number of benzene rings is 1. The number of nitrogens with zero attached hydrogens (tertiary/aromatic N) is 1. The molecule has 0 atom stereocenters. The minimum atomic E-state index is -1.08. The van der Waals surface area contributed by atoms with E-state index in [0.717, 1.165) is 0 Å². The van der Waals surface area contributed by atoms with E-state index >= 15 is 0 Å². The molecule has 0 aliphatic rings. The SMILES string of the molecule is C#CCN(CC)C(=O)Nc1ccc(C(=O)O)cc1Cl. The molecule has 0 radical (unpaired) electrons. The third-order valence-corrected chi connectivity index (χ3v) is 2.72. The lowest BCUT2D eigenvalue weighted by molar-refractivity contribution is 0.0697. The molecule has 1 aromatic carbocycles. The number of terminal acetylenes is 1. The molecule has 0 aliphatic carbocycles. The first-order valence-electron chi connectivity index (χ1n) is 5.51. The van der Waals surface area contributed by atoms with Crippen LogP contribution in [0.5, 0.6) is 0 Å². The van der Waals surface area contributed by atoms with Crippen LogP contribution in [0.3, 0.4) is 0 Å². The highest BCUT2D eigenvalue weighted by Gasteiger charge is 2.13. The summed E-state index contributed by atoms with van der Waals surface area (Å²) in [4.78, 5) is 24.0. The van der Waals surface area contributed by atoms with Crippen molar-refractivity contribution in [2.45, 2.75) is 6.92 Å². The second-order valence-corrected chi connectivity index (χ2v) is 4.06. The fourth-order valence-electron chi connectivity index (χ4n) is 1.38. The Morgan fingerprint density at radius 3 is 2.68 bits per heavy atom. The summed E-state index contributed by atoms with van der Waals surface area (Å²) in [6.45, 7) is 2.44. The number of urea groups is 1. The highest BCUT2D eigenvalue weighted by atomic mass is 35.5. The maximum absolute atomic E-state index is 11.8. The van der Waals surface area contributed by atoms with Gasteiger partial charge in [0.25, 0.3) is 0 Å². The van der Waals surface area contributed by atoms with Crippen LogP contribution < -0.4 is 5.32 Å². The molecule has 1 aromatic rings. The molecule has 2 amide bonds. The molecule has 0 bridgehead atoms. The van der Waals surface area contributed by atoms with E-state index in [1.807, 2.05) is 0 Å². The zero-order valence-corrected chi connectivity index (χ0v) is 11.1. The molecule has 5 nitrogen and oxygen atoms in total. The number of amides is 2. The van der Waals surface area contributed by atoms with Crippen LogP contribution in [0, 0.1) is 12.3 Å². The molecule has 1 rings (SSSR count). The monoisotopic (exact) mass is 280 g/mol. The summed E-state index contributed by atoms with van der Waals surface area (Å²) in [5, 5.41) is 11.5. The maximum atomic E-state index is 11.8. The molecular weight excluding hydrogens is 268 g/mol. The van der Waals surface area contributed by atoms with Gasteiger partial charge in [-0.15, -0.1) is 6.42 Å². The summed E-state index contributed by atoms with van der Waals surface area (Å²) < 4.78 is 0. The Morgan fingerprint density at radius 2 is 2.21 bits per heavy atom. The van der Waals surface area contributed by atoms with E-state index in [1.165, 1.54) is 23.1 Å². The molecular formula is C13H13ClN2O3. The fraction of sp³-hybridized carbons (Fsp3) is 0.231. The summed E-state index contributed by atoms with van der Waals surface area (Å²) in [6.07, 6.45) is 5.16. The third kappa shape index (κ3) is 3.90. The summed E-state index contributed by atoms with van der Waals surface area (Å²) in [5.41, 5.74) is 0.395. The van der Waals surface area contributed by atoms with Gasteiger partial charge in [-0.2, -0.15) is 0 Å². The lowest BCUT2D eigenvalue weighted by Crippen LogP contribution is -2.35. The average Bonchev–Trinajstić information content (AvgIpc) is 2.37. The second kappa shape index (κ2) is 6.66. The fourth-order valence-corrected chi connectivity index (χ4v) is 1.61. The molecule has 0 saturated carbocycles. The van der Waals surface area contributed by atoms with Gasteiger partial charge in [0.05, 0.1) is 22.8 Å². The number of aromatic carboxylic acids is 1. The first kappa shape index (κ1) is 14.9. The molecule has 0 saturated heterocycles. The number of carbonyl (C=O) groups excluding carboxylic acids is 1. The quantitative estimate of drug-likeness (QED) is 0.833. The number of halogens is 1. The Morgan fingerprint density at radius 1 is 1.53 bits per heavy atom. The van der Waals surface area contributed by atoms with E-state index in [1.54, 1.807) is 6.92 Å². The number of carboxylic acids is 1. The van der Waals surface area contributed by atoms with Crippen molar-refractivity contribution in [3.05, 3.63) is 28.8 Å². The van der Waals surface area contributed by atoms with E-state index in [4.69, 9.17) is 23.1 Å². The Hall–Kier alpha value is -2.19. The minimum absolute atomic E-state index is 0.0546. The van der Waals surface area contributed by atoms with Gasteiger partial charge >= 0.3 is 12.0 Å². The average molecular weight is 281 g/mol. The Labute approximate surface area is 116 Å². The number of nitrogens with one attached hydrogen (secondary N) is 1. The van der Waals surface area contributed by atoms with E-state index < -0.39 is 5.97 Å². The first-order valence-corrected chi connectivity index (χ1v) is 5.89. The van der Waals surface area contributed by atoms with Crippen LogP contribution in [0.4, 0.5) is 10.5 Å². The van der Waals surface area contributed by atoms with Gasteiger partial charge in [-0.1, -0.05) is 17.5 Å². The molecule has 6 heteroatoms. The number of rotatable bonds is 4. The van der Waals surface area contributed by atoms with Crippen molar-refractivity contribution in [2.75, 3.05) is 18.4 Å². The zero-order chi connectivity index (χ0) is 14.4. The van der Waals surface area contributed by atoms with Crippen molar-refractivity contribution in [1.29, 1.82) is 0 Å². The molecule has 19 heavy (non-hydrogen) atoms. The highest BCUT2D eigenvalue weighted by Crippen LogP contribution is 2.23. The molecule has 2 N–H and O–H groups in total. The highest BCUT2D eigenvalue weighted by molar-refractivity contribution is 6.34. The van der Waals surface area contributed by atoms with Crippen molar-refractivity contribution in [3.8, 4) is 12.3 Å². The van der Waals surface area contributed by atoms with Crippen LogP contribution >= 0.6 is 11.6 Å². The number of hydrogen-bond acceptors (Lipinski definition) is 2. The summed E-state index contributed by atoms with van der Waals surface area (Å²) in [7, 11) is 0. The van der Waals surface area contributed by atoms with Crippen molar-refractivity contribution < 1.29 is 14.7 Å². The molecule has 0 heterocycles.